The van der Waals surface area contributed by atoms with Crippen molar-refractivity contribution in [3.05, 3.63) is 34.2 Å². The second kappa shape index (κ2) is 6.98. The van der Waals surface area contributed by atoms with Gasteiger partial charge < -0.3 is 15.0 Å². The first-order valence-electron chi connectivity index (χ1n) is 5.65. The summed E-state index contributed by atoms with van der Waals surface area (Å²) in [6, 6.07) is 1.73. The van der Waals surface area contributed by atoms with Crippen molar-refractivity contribution in [2.45, 2.75) is 12.5 Å². The highest BCUT2D eigenvalue weighted by Crippen LogP contribution is 2.03. The Kier molecular flexibility index (Phi) is 5.62. The summed E-state index contributed by atoms with van der Waals surface area (Å²) in [6.45, 7) is 0. The van der Waals surface area contributed by atoms with Crippen LogP contribution in [0, 0.1) is 0 Å². The zero-order valence-corrected chi connectivity index (χ0v) is 11.6. The van der Waals surface area contributed by atoms with Crippen molar-refractivity contribution in [3.63, 3.8) is 0 Å². The highest BCUT2D eigenvalue weighted by atomic mass is 32.2. The van der Waals surface area contributed by atoms with E-state index in [4.69, 9.17) is 5.11 Å². The number of hydrogen-bond donors (Lipinski definition) is 2. The van der Waals surface area contributed by atoms with Gasteiger partial charge in [-0.2, -0.15) is 11.8 Å². The summed E-state index contributed by atoms with van der Waals surface area (Å²) in [7, 11) is 1.53. The van der Waals surface area contributed by atoms with Crippen molar-refractivity contribution in [1.82, 2.24) is 9.88 Å². The Balaban J connectivity index is 2.78. The number of hydrogen-bond acceptors (Lipinski definition) is 4. The number of nitrogens with one attached hydrogen (secondary N) is 1. The molecule has 1 amide bonds. The molecule has 0 bridgehead atoms. The number of rotatable bonds is 6. The van der Waals surface area contributed by atoms with Gasteiger partial charge in [0.15, 0.2) is 0 Å². The second-order valence-corrected chi connectivity index (χ2v) is 5.00. The van der Waals surface area contributed by atoms with Gasteiger partial charge in [0.1, 0.15) is 6.04 Å². The largest absolute Gasteiger partial charge is 0.480 e. The molecule has 1 heterocycles. The lowest BCUT2D eigenvalue weighted by atomic mass is 10.2. The minimum atomic E-state index is -1.06. The summed E-state index contributed by atoms with van der Waals surface area (Å²) in [5.74, 6) is -0.916. The molecule has 1 unspecified atom stereocenters. The number of pyridine rings is 1. The molecule has 7 heteroatoms. The van der Waals surface area contributed by atoms with Crippen LogP contribution in [0.5, 0.6) is 0 Å². The molecule has 1 atom stereocenters. The molecule has 0 aromatic carbocycles. The normalized spacial score (nSPS) is 11.9. The average Bonchev–Trinajstić information content (AvgIpc) is 2.37. The molecule has 1 aromatic rings. The Bertz CT molecular complexity index is 527. The van der Waals surface area contributed by atoms with Gasteiger partial charge in [-0.05, 0) is 24.5 Å². The van der Waals surface area contributed by atoms with Gasteiger partial charge in [0.05, 0.1) is 5.56 Å². The van der Waals surface area contributed by atoms with Gasteiger partial charge in [0.2, 0.25) is 5.56 Å². The van der Waals surface area contributed by atoms with Gasteiger partial charge in [-0.15, -0.1) is 0 Å². The molecule has 0 aliphatic carbocycles. The van der Waals surface area contributed by atoms with E-state index in [1.54, 1.807) is 0 Å². The Hall–Kier alpha value is -1.76. The fraction of sp³-hybridized carbons (Fsp3) is 0.417. The van der Waals surface area contributed by atoms with Crippen LogP contribution in [0.15, 0.2) is 23.1 Å². The maximum Gasteiger partial charge on any atom is 0.326 e. The van der Waals surface area contributed by atoms with E-state index < -0.39 is 17.9 Å². The maximum absolute atomic E-state index is 11.9. The zero-order valence-electron chi connectivity index (χ0n) is 10.8. The van der Waals surface area contributed by atoms with Crippen LogP contribution in [0.25, 0.3) is 0 Å². The quantitative estimate of drug-likeness (QED) is 0.785. The molecule has 0 aliphatic rings. The lowest BCUT2D eigenvalue weighted by Crippen LogP contribution is -2.41. The number of aromatic nitrogens is 1. The molecular weight excluding hydrogens is 268 g/mol. The topological polar surface area (TPSA) is 88.4 Å². The number of carboxylic acids is 1. The van der Waals surface area contributed by atoms with E-state index in [1.165, 1.54) is 41.7 Å². The van der Waals surface area contributed by atoms with Gasteiger partial charge in [0, 0.05) is 19.3 Å². The first-order valence-corrected chi connectivity index (χ1v) is 7.04. The van der Waals surface area contributed by atoms with E-state index in [0.717, 1.165) is 0 Å². The minimum absolute atomic E-state index is 0.228. The number of carbonyl (C=O) groups is 2. The summed E-state index contributed by atoms with van der Waals surface area (Å²) >= 11 is 1.51. The minimum Gasteiger partial charge on any atom is -0.480 e. The van der Waals surface area contributed by atoms with Crippen LogP contribution in [-0.2, 0) is 11.8 Å². The third-order valence-electron chi connectivity index (χ3n) is 2.56. The summed E-state index contributed by atoms with van der Waals surface area (Å²) < 4.78 is 1.27. The van der Waals surface area contributed by atoms with Gasteiger partial charge in [0.25, 0.3) is 5.91 Å². The third-order valence-corrected chi connectivity index (χ3v) is 3.21. The number of amides is 1. The Morgan fingerprint density at radius 3 is 2.68 bits per heavy atom. The zero-order chi connectivity index (χ0) is 14.4. The Morgan fingerprint density at radius 2 is 2.16 bits per heavy atom. The molecule has 6 nitrogen and oxygen atoms in total. The van der Waals surface area contributed by atoms with E-state index in [1.807, 2.05) is 6.26 Å². The van der Waals surface area contributed by atoms with Crippen LogP contribution in [0.2, 0.25) is 0 Å². The molecule has 0 spiro atoms. The van der Waals surface area contributed by atoms with Crippen molar-refractivity contribution in [2.24, 2.45) is 7.05 Å². The number of carbonyl (C=O) groups excluding carboxylic acids is 1. The SMILES string of the molecule is CSCCC(NC(=O)c1ccc(=O)n(C)c1)C(=O)O. The predicted octanol–water partition coefficient (Wildman–Crippen LogP) is 0.321. The van der Waals surface area contributed by atoms with Crippen LogP contribution < -0.4 is 10.9 Å². The van der Waals surface area contributed by atoms with Gasteiger partial charge in [-0.25, -0.2) is 4.79 Å². The van der Waals surface area contributed by atoms with Crippen molar-refractivity contribution in [2.75, 3.05) is 12.0 Å². The lowest BCUT2D eigenvalue weighted by Gasteiger charge is -2.14. The highest BCUT2D eigenvalue weighted by Gasteiger charge is 2.20. The first-order chi connectivity index (χ1) is 8.95. The fourth-order valence-corrected chi connectivity index (χ4v) is 1.93. The van der Waals surface area contributed by atoms with E-state index in [0.29, 0.717) is 12.2 Å². The molecule has 0 aliphatic heterocycles. The molecule has 0 saturated carbocycles. The van der Waals surface area contributed by atoms with E-state index in [9.17, 15) is 14.4 Å². The second-order valence-electron chi connectivity index (χ2n) is 4.01. The molecule has 0 fully saturated rings. The van der Waals surface area contributed by atoms with E-state index in [-0.39, 0.29) is 11.1 Å². The van der Waals surface area contributed by atoms with Crippen LogP contribution in [0.3, 0.4) is 0 Å². The first kappa shape index (κ1) is 15.3. The monoisotopic (exact) mass is 284 g/mol. The van der Waals surface area contributed by atoms with Crippen molar-refractivity contribution in [3.8, 4) is 0 Å². The van der Waals surface area contributed by atoms with E-state index in [2.05, 4.69) is 5.32 Å². The maximum atomic E-state index is 11.9. The van der Waals surface area contributed by atoms with Crippen LogP contribution in [0.1, 0.15) is 16.8 Å². The Labute approximate surface area is 114 Å². The van der Waals surface area contributed by atoms with Crippen molar-refractivity contribution in [1.29, 1.82) is 0 Å². The van der Waals surface area contributed by atoms with Gasteiger partial charge in [-0.3, -0.25) is 9.59 Å². The third kappa shape index (κ3) is 4.44. The van der Waals surface area contributed by atoms with Gasteiger partial charge >= 0.3 is 5.97 Å². The summed E-state index contributed by atoms with van der Waals surface area (Å²) in [5.41, 5.74) is 0.0335. The van der Waals surface area contributed by atoms with Crippen LogP contribution in [0.4, 0.5) is 0 Å². The molecule has 2 N–H and O–H groups in total. The van der Waals surface area contributed by atoms with Gasteiger partial charge in [-0.1, -0.05) is 0 Å². The van der Waals surface area contributed by atoms with Crippen molar-refractivity contribution >= 4 is 23.6 Å². The number of aryl methyl sites for hydroxylation is 1. The molecular formula is C12H16N2O4S. The number of carboxylic acid groups (broad SMARTS) is 1. The van der Waals surface area contributed by atoms with E-state index >= 15 is 0 Å². The van der Waals surface area contributed by atoms with Crippen LogP contribution >= 0.6 is 11.8 Å². The highest BCUT2D eigenvalue weighted by molar-refractivity contribution is 7.98. The standard InChI is InChI=1S/C12H16N2O4S/c1-14-7-8(3-4-10(14)15)11(16)13-9(12(17)18)5-6-19-2/h3-4,7,9H,5-6H2,1-2H3,(H,13,16)(H,17,18). The molecule has 1 rings (SSSR count). The van der Waals surface area contributed by atoms with Crippen LogP contribution in [-0.4, -0.2) is 39.6 Å². The Morgan fingerprint density at radius 1 is 1.47 bits per heavy atom. The summed E-state index contributed by atoms with van der Waals surface area (Å²) in [4.78, 5) is 34.1. The lowest BCUT2D eigenvalue weighted by molar-refractivity contribution is -0.139. The van der Waals surface area contributed by atoms with Crippen molar-refractivity contribution < 1.29 is 14.7 Å². The molecule has 1 aromatic heterocycles. The average molecular weight is 284 g/mol. The number of aliphatic carboxylic acids is 1. The summed E-state index contributed by atoms with van der Waals surface area (Å²) in [6.07, 6.45) is 3.60. The smallest absolute Gasteiger partial charge is 0.326 e. The molecule has 0 radical (unpaired) electrons. The fourth-order valence-electron chi connectivity index (χ4n) is 1.46. The molecule has 19 heavy (non-hydrogen) atoms. The molecule has 104 valence electrons. The summed E-state index contributed by atoms with van der Waals surface area (Å²) in [5, 5.41) is 11.5. The number of thioether (sulfide) groups is 1. The number of nitrogens with zero attached hydrogens (tertiary/aromatic N) is 1. The predicted molar refractivity (Wildman–Crippen MR) is 73.6 cm³/mol. The molecule has 0 saturated heterocycles.